The molecule has 1 unspecified atom stereocenters. The summed E-state index contributed by atoms with van der Waals surface area (Å²) in [6, 6.07) is 16.9. The van der Waals surface area contributed by atoms with Gasteiger partial charge in [-0.2, -0.15) is 0 Å². The molecule has 0 aliphatic rings. The molecule has 0 aliphatic carbocycles. The molecule has 0 heterocycles. The van der Waals surface area contributed by atoms with Gasteiger partial charge in [0.15, 0.2) is 0 Å². The monoisotopic (exact) mass is 340 g/mol. The smallest absolute Gasteiger partial charge is 0.337 e. The van der Waals surface area contributed by atoms with Gasteiger partial charge in [0.05, 0.1) is 18.7 Å². The highest BCUT2D eigenvalue weighted by Crippen LogP contribution is 2.07. The fraction of sp³-hybridized carbons (Fsp3) is 0.300. The van der Waals surface area contributed by atoms with E-state index in [1.54, 1.807) is 19.2 Å². The van der Waals surface area contributed by atoms with Crippen LogP contribution in [0, 0.1) is 0 Å². The molecule has 2 aromatic carbocycles. The number of esters is 1. The van der Waals surface area contributed by atoms with Crippen molar-refractivity contribution in [3.8, 4) is 0 Å². The first-order valence-electron chi connectivity index (χ1n) is 8.30. The molecular weight excluding hydrogens is 316 g/mol. The van der Waals surface area contributed by atoms with Crippen LogP contribution in [0.25, 0.3) is 0 Å². The minimum absolute atomic E-state index is 0.0320. The van der Waals surface area contributed by atoms with Gasteiger partial charge in [0, 0.05) is 6.54 Å². The topological polar surface area (TPSA) is 67.4 Å². The van der Waals surface area contributed by atoms with Crippen LogP contribution in [0.4, 0.5) is 0 Å². The lowest BCUT2D eigenvalue weighted by Crippen LogP contribution is -2.42. The number of benzene rings is 2. The molecule has 1 amide bonds. The van der Waals surface area contributed by atoms with Gasteiger partial charge in [-0.25, -0.2) is 4.79 Å². The molecule has 0 aliphatic heterocycles. The summed E-state index contributed by atoms with van der Waals surface area (Å²) in [7, 11) is 3.14. The number of amides is 1. The molecule has 5 nitrogen and oxygen atoms in total. The predicted molar refractivity (Wildman–Crippen MR) is 97.2 cm³/mol. The SMILES string of the molecule is CNC(CCc1ccccc1)C(=O)NCc1ccc(C(=O)OC)cc1. The van der Waals surface area contributed by atoms with Gasteiger partial charge in [0.2, 0.25) is 5.91 Å². The molecule has 0 fully saturated rings. The van der Waals surface area contributed by atoms with Crippen LogP contribution < -0.4 is 10.6 Å². The summed E-state index contributed by atoms with van der Waals surface area (Å²) in [4.78, 5) is 23.8. The molecule has 0 bridgehead atoms. The van der Waals surface area contributed by atoms with Crippen molar-refractivity contribution in [2.45, 2.75) is 25.4 Å². The second-order valence-corrected chi connectivity index (χ2v) is 5.77. The van der Waals surface area contributed by atoms with Crippen molar-refractivity contribution in [3.63, 3.8) is 0 Å². The minimum Gasteiger partial charge on any atom is -0.465 e. The maximum Gasteiger partial charge on any atom is 0.337 e. The molecule has 1 atom stereocenters. The summed E-state index contributed by atoms with van der Waals surface area (Å²) in [6.45, 7) is 0.420. The third-order valence-corrected chi connectivity index (χ3v) is 4.07. The Kier molecular flexibility index (Phi) is 7.16. The number of rotatable bonds is 8. The lowest BCUT2D eigenvalue weighted by atomic mass is 10.0. The van der Waals surface area contributed by atoms with E-state index in [0.717, 1.165) is 18.4 Å². The summed E-state index contributed by atoms with van der Waals surface area (Å²) in [5, 5.41) is 6.00. The van der Waals surface area contributed by atoms with Gasteiger partial charge in [0.25, 0.3) is 0 Å². The van der Waals surface area contributed by atoms with Crippen LogP contribution in [0.2, 0.25) is 0 Å². The highest BCUT2D eigenvalue weighted by atomic mass is 16.5. The van der Waals surface area contributed by atoms with E-state index in [1.165, 1.54) is 12.7 Å². The van der Waals surface area contributed by atoms with E-state index in [-0.39, 0.29) is 17.9 Å². The van der Waals surface area contributed by atoms with Crippen LogP contribution in [0.3, 0.4) is 0 Å². The quantitative estimate of drug-likeness (QED) is 0.724. The number of aryl methyl sites for hydroxylation is 1. The molecule has 5 heteroatoms. The van der Waals surface area contributed by atoms with E-state index < -0.39 is 0 Å². The van der Waals surface area contributed by atoms with Gasteiger partial charge < -0.3 is 15.4 Å². The van der Waals surface area contributed by atoms with Gasteiger partial charge >= 0.3 is 5.97 Å². The molecule has 25 heavy (non-hydrogen) atoms. The number of nitrogens with one attached hydrogen (secondary N) is 2. The molecule has 0 saturated carbocycles. The summed E-state index contributed by atoms with van der Waals surface area (Å²) >= 11 is 0. The van der Waals surface area contributed by atoms with Gasteiger partial charge in [0.1, 0.15) is 0 Å². The van der Waals surface area contributed by atoms with Crippen LogP contribution in [0.5, 0.6) is 0 Å². The minimum atomic E-state index is -0.369. The van der Waals surface area contributed by atoms with Gasteiger partial charge in [-0.3, -0.25) is 4.79 Å². The Morgan fingerprint density at radius 1 is 1.00 bits per heavy atom. The first-order valence-corrected chi connectivity index (χ1v) is 8.30. The fourth-order valence-electron chi connectivity index (χ4n) is 2.55. The Morgan fingerprint density at radius 3 is 2.28 bits per heavy atom. The number of ether oxygens (including phenoxy) is 1. The highest BCUT2D eigenvalue weighted by molar-refractivity contribution is 5.89. The number of carbonyl (C=O) groups is 2. The van der Waals surface area contributed by atoms with Crippen molar-refractivity contribution in [3.05, 3.63) is 71.3 Å². The van der Waals surface area contributed by atoms with Gasteiger partial charge in [-0.05, 0) is 43.1 Å². The van der Waals surface area contributed by atoms with E-state index in [9.17, 15) is 9.59 Å². The van der Waals surface area contributed by atoms with Crippen molar-refractivity contribution >= 4 is 11.9 Å². The second-order valence-electron chi connectivity index (χ2n) is 5.77. The van der Waals surface area contributed by atoms with Crippen LogP contribution in [-0.4, -0.2) is 32.1 Å². The average molecular weight is 340 g/mol. The summed E-state index contributed by atoms with van der Waals surface area (Å²) in [5.74, 6) is -0.401. The Morgan fingerprint density at radius 2 is 1.68 bits per heavy atom. The van der Waals surface area contributed by atoms with Gasteiger partial charge in [-0.1, -0.05) is 42.5 Å². The van der Waals surface area contributed by atoms with Gasteiger partial charge in [-0.15, -0.1) is 0 Å². The highest BCUT2D eigenvalue weighted by Gasteiger charge is 2.15. The summed E-state index contributed by atoms with van der Waals surface area (Å²) in [6.07, 6.45) is 1.57. The molecule has 2 N–H and O–H groups in total. The third kappa shape index (κ3) is 5.72. The van der Waals surface area contributed by atoms with Crippen molar-refractivity contribution in [2.24, 2.45) is 0 Å². The lowest BCUT2D eigenvalue weighted by molar-refractivity contribution is -0.123. The Labute approximate surface area is 148 Å². The molecular formula is C20H24N2O3. The number of likely N-dealkylation sites (N-methyl/N-ethyl adjacent to an activating group) is 1. The predicted octanol–water partition coefficient (Wildman–Crippen LogP) is 2.31. The van der Waals surface area contributed by atoms with Crippen LogP contribution >= 0.6 is 0 Å². The molecule has 0 saturated heterocycles. The Bertz CT molecular complexity index is 684. The fourth-order valence-corrected chi connectivity index (χ4v) is 2.55. The van der Waals surface area contributed by atoms with Crippen LogP contribution in [0.15, 0.2) is 54.6 Å². The zero-order valence-corrected chi connectivity index (χ0v) is 14.6. The van der Waals surface area contributed by atoms with Crippen molar-refractivity contribution in [2.75, 3.05) is 14.2 Å². The van der Waals surface area contributed by atoms with E-state index in [2.05, 4.69) is 27.5 Å². The Hall–Kier alpha value is -2.66. The standard InChI is InChI=1S/C20H24N2O3/c1-21-18(13-10-15-6-4-3-5-7-15)19(23)22-14-16-8-11-17(12-9-16)20(24)25-2/h3-9,11-12,18,21H,10,13-14H2,1-2H3,(H,22,23). The number of hydrogen-bond donors (Lipinski definition) is 2. The van der Waals surface area contributed by atoms with E-state index >= 15 is 0 Å². The van der Waals surface area contributed by atoms with Crippen molar-refractivity contribution < 1.29 is 14.3 Å². The molecule has 0 spiro atoms. The van der Waals surface area contributed by atoms with Crippen LogP contribution in [0.1, 0.15) is 27.9 Å². The summed E-state index contributed by atoms with van der Waals surface area (Å²) in [5.41, 5.74) is 2.64. The zero-order chi connectivity index (χ0) is 18.1. The second kappa shape index (κ2) is 9.59. The molecule has 0 aromatic heterocycles. The maximum atomic E-state index is 12.3. The maximum absolute atomic E-state index is 12.3. The lowest BCUT2D eigenvalue weighted by Gasteiger charge is -2.16. The van der Waals surface area contributed by atoms with Crippen molar-refractivity contribution in [1.82, 2.24) is 10.6 Å². The third-order valence-electron chi connectivity index (χ3n) is 4.07. The molecule has 2 rings (SSSR count). The average Bonchev–Trinajstić information content (AvgIpc) is 2.67. The van der Waals surface area contributed by atoms with E-state index in [1.807, 2.05) is 30.3 Å². The summed E-state index contributed by atoms with van der Waals surface area (Å²) < 4.78 is 4.67. The van der Waals surface area contributed by atoms with E-state index in [4.69, 9.17) is 0 Å². The number of methoxy groups -OCH3 is 1. The number of carbonyl (C=O) groups excluding carboxylic acids is 2. The largest absolute Gasteiger partial charge is 0.465 e. The van der Waals surface area contributed by atoms with Crippen LogP contribution in [-0.2, 0) is 22.5 Å². The molecule has 2 aromatic rings. The normalized spacial score (nSPS) is 11.6. The first kappa shape index (κ1) is 18.7. The Balaban J connectivity index is 1.84. The molecule has 0 radical (unpaired) electrons. The number of hydrogen-bond acceptors (Lipinski definition) is 4. The first-order chi connectivity index (χ1) is 12.1. The molecule has 132 valence electrons. The van der Waals surface area contributed by atoms with E-state index in [0.29, 0.717) is 12.1 Å². The zero-order valence-electron chi connectivity index (χ0n) is 14.6. The van der Waals surface area contributed by atoms with Crippen molar-refractivity contribution in [1.29, 1.82) is 0 Å².